The number of rotatable bonds is 1. The van der Waals surface area contributed by atoms with Crippen LogP contribution in [0.4, 0.5) is 0 Å². The summed E-state index contributed by atoms with van der Waals surface area (Å²) in [5.41, 5.74) is 1.73. The Labute approximate surface area is 144 Å². The molecule has 0 aromatic heterocycles. The van der Waals surface area contributed by atoms with Crippen molar-refractivity contribution >= 4 is 34.2 Å². The average molecular weight is 380 g/mol. The van der Waals surface area contributed by atoms with E-state index in [9.17, 15) is 5.11 Å². The fourth-order valence-corrected chi connectivity index (χ4v) is 3.54. The van der Waals surface area contributed by atoms with Gasteiger partial charge in [0.1, 0.15) is 5.84 Å². The maximum atomic E-state index is 11.5. The molecule has 4 rings (SSSR count). The minimum Gasteiger partial charge on any atom is -0.363 e. The largest absolute Gasteiger partial charge is 0.363 e. The Bertz CT molecular complexity index is 732. The van der Waals surface area contributed by atoms with Crippen molar-refractivity contribution in [3.05, 3.63) is 69.7 Å². The number of halogens is 2. The highest BCUT2D eigenvalue weighted by Gasteiger charge is 2.48. The van der Waals surface area contributed by atoms with Gasteiger partial charge in [-0.25, -0.2) is 0 Å². The van der Waals surface area contributed by atoms with Gasteiger partial charge in [0, 0.05) is 34.3 Å². The molecule has 0 radical (unpaired) electrons. The summed E-state index contributed by atoms with van der Waals surface area (Å²) in [6.45, 7) is 1.65. The fraction of sp³-hybridized carbons (Fsp3) is 0.235. The number of hydrogen-bond donors (Lipinski definition) is 1. The van der Waals surface area contributed by atoms with Crippen molar-refractivity contribution in [1.82, 2.24) is 4.90 Å². The Kier molecular flexibility index (Phi) is 4.02. The number of aliphatic hydroxyl groups is 1. The Balaban J connectivity index is 0.00000144. The van der Waals surface area contributed by atoms with E-state index in [4.69, 9.17) is 0 Å². The van der Waals surface area contributed by atoms with Crippen LogP contribution in [-0.2, 0) is 5.72 Å². The van der Waals surface area contributed by atoms with E-state index in [0.29, 0.717) is 0 Å². The number of hydrogen-bond acceptors (Lipinski definition) is 3. The summed E-state index contributed by atoms with van der Waals surface area (Å²) >= 11 is 3.45. The highest BCUT2D eigenvalue weighted by molar-refractivity contribution is 9.10. The molecule has 1 N–H and O–H groups in total. The molecule has 22 heavy (non-hydrogen) atoms. The van der Waals surface area contributed by atoms with Crippen molar-refractivity contribution in [1.29, 1.82) is 0 Å². The standard InChI is InChI=1S/C17H15BrN2O.ClH/c18-13-8-6-12(7-9-13)17(21)15-5-2-1-4-14(15)16-19-10-3-11-20(16)17;/h1-2,4-9,21H,3,10-11H2;1H. The molecular formula is C17H16BrClN2O. The third kappa shape index (κ3) is 2.09. The lowest BCUT2D eigenvalue weighted by atomic mass is 9.94. The highest BCUT2D eigenvalue weighted by Crippen LogP contribution is 2.43. The molecule has 0 bridgehead atoms. The monoisotopic (exact) mass is 378 g/mol. The van der Waals surface area contributed by atoms with Gasteiger partial charge >= 0.3 is 0 Å². The van der Waals surface area contributed by atoms with Crippen LogP contribution in [0.25, 0.3) is 0 Å². The first-order valence-electron chi connectivity index (χ1n) is 7.11. The molecule has 3 nitrogen and oxygen atoms in total. The molecule has 2 aliphatic heterocycles. The van der Waals surface area contributed by atoms with Crippen molar-refractivity contribution in [3.8, 4) is 0 Å². The van der Waals surface area contributed by atoms with Gasteiger partial charge in [0.05, 0.1) is 0 Å². The second-order valence-electron chi connectivity index (χ2n) is 5.44. The predicted octanol–water partition coefficient (Wildman–Crippen LogP) is 3.53. The minimum atomic E-state index is -1.11. The lowest BCUT2D eigenvalue weighted by Crippen LogP contribution is -2.47. The van der Waals surface area contributed by atoms with Crippen molar-refractivity contribution in [2.45, 2.75) is 12.1 Å². The second-order valence-corrected chi connectivity index (χ2v) is 6.35. The first-order chi connectivity index (χ1) is 10.2. The molecule has 1 unspecified atom stereocenters. The van der Waals surface area contributed by atoms with Crippen LogP contribution in [-0.4, -0.2) is 28.9 Å². The van der Waals surface area contributed by atoms with Gasteiger partial charge in [-0.3, -0.25) is 4.99 Å². The Morgan fingerprint density at radius 3 is 2.59 bits per heavy atom. The molecule has 0 amide bonds. The molecular weight excluding hydrogens is 364 g/mol. The summed E-state index contributed by atoms with van der Waals surface area (Å²) < 4.78 is 1.01. The minimum absolute atomic E-state index is 0. The maximum absolute atomic E-state index is 11.5. The van der Waals surface area contributed by atoms with Gasteiger partial charge in [-0.05, 0) is 18.6 Å². The summed E-state index contributed by atoms with van der Waals surface area (Å²) in [6.07, 6.45) is 0.969. The van der Waals surface area contributed by atoms with Crippen LogP contribution in [0.15, 0.2) is 58.0 Å². The first-order valence-corrected chi connectivity index (χ1v) is 7.91. The molecule has 0 aliphatic carbocycles. The molecule has 2 aromatic carbocycles. The number of fused-ring (bicyclic) bond motifs is 3. The molecule has 2 aliphatic rings. The zero-order valence-electron chi connectivity index (χ0n) is 11.9. The number of nitrogens with zero attached hydrogens (tertiary/aromatic N) is 2. The van der Waals surface area contributed by atoms with E-state index in [1.54, 1.807) is 0 Å². The Hall–Kier alpha value is -1.36. The normalized spacial score (nSPS) is 22.5. The predicted molar refractivity (Wildman–Crippen MR) is 93.6 cm³/mol. The molecule has 1 atom stereocenters. The van der Waals surface area contributed by atoms with Gasteiger partial charge < -0.3 is 10.0 Å². The third-order valence-electron chi connectivity index (χ3n) is 4.24. The van der Waals surface area contributed by atoms with Crippen molar-refractivity contribution < 1.29 is 5.11 Å². The van der Waals surface area contributed by atoms with Crippen molar-refractivity contribution in [2.24, 2.45) is 4.99 Å². The van der Waals surface area contributed by atoms with Crippen molar-refractivity contribution in [3.63, 3.8) is 0 Å². The van der Waals surface area contributed by atoms with Gasteiger partial charge in [-0.1, -0.05) is 52.3 Å². The lowest BCUT2D eigenvalue weighted by Gasteiger charge is -2.37. The number of benzene rings is 2. The molecule has 2 heterocycles. The molecule has 0 saturated heterocycles. The summed E-state index contributed by atoms with van der Waals surface area (Å²) in [7, 11) is 0. The van der Waals surface area contributed by atoms with Crippen LogP contribution >= 0.6 is 28.3 Å². The zero-order chi connectivity index (χ0) is 14.4. The molecule has 114 valence electrons. The SMILES string of the molecule is Cl.OC1(c2ccc(Br)cc2)c2ccccc2C2=NCCCN21. The molecule has 0 fully saturated rings. The van der Waals surface area contributed by atoms with Crippen LogP contribution in [0.1, 0.15) is 23.1 Å². The highest BCUT2D eigenvalue weighted by atomic mass is 79.9. The van der Waals surface area contributed by atoms with Gasteiger partial charge in [0.15, 0.2) is 5.72 Å². The van der Waals surface area contributed by atoms with Crippen LogP contribution in [0.2, 0.25) is 0 Å². The average Bonchev–Trinajstić information content (AvgIpc) is 2.80. The number of aliphatic imine (C=N–C) groups is 1. The van der Waals surface area contributed by atoms with Gasteiger partial charge in [-0.15, -0.1) is 12.4 Å². The zero-order valence-corrected chi connectivity index (χ0v) is 14.3. The van der Waals surface area contributed by atoms with E-state index >= 15 is 0 Å². The van der Waals surface area contributed by atoms with Crippen LogP contribution in [0.3, 0.4) is 0 Å². The molecule has 0 saturated carbocycles. The van der Waals surface area contributed by atoms with E-state index in [-0.39, 0.29) is 12.4 Å². The second kappa shape index (κ2) is 5.69. The van der Waals surface area contributed by atoms with E-state index in [1.165, 1.54) is 0 Å². The van der Waals surface area contributed by atoms with Crippen LogP contribution < -0.4 is 0 Å². The van der Waals surface area contributed by atoms with Gasteiger partial charge in [0.25, 0.3) is 0 Å². The van der Waals surface area contributed by atoms with Crippen LogP contribution in [0.5, 0.6) is 0 Å². The molecule has 5 heteroatoms. The summed E-state index contributed by atoms with van der Waals surface area (Å²) in [5.74, 6) is 0.919. The fourth-order valence-electron chi connectivity index (χ4n) is 3.27. The number of amidine groups is 1. The van der Waals surface area contributed by atoms with Crippen LogP contribution in [0, 0.1) is 0 Å². The van der Waals surface area contributed by atoms with E-state index in [2.05, 4.69) is 20.9 Å². The van der Waals surface area contributed by atoms with Gasteiger partial charge in [0.2, 0.25) is 0 Å². The summed E-state index contributed by atoms with van der Waals surface area (Å²) in [6, 6.07) is 15.9. The quantitative estimate of drug-likeness (QED) is 0.823. The van der Waals surface area contributed by atoms with Crippen molar-refractivity contribution in [2.75, 3.05) is 13.1 Å². The smallest absolute Gasteiger partial charge is 0.193 e. The van der Waals surface area contributed by atoms with E-state index in [1.807, 2.05) is 53.4 Å². The molecule has 2 aromatic rings. The van der Waals surface area contributed by atoms with Gasteiger partial charge in [-0.2, -0.15) is 0 Å². The summed E-state index contributed by atoms with van der Waals surface area (Å²) in [5, 5.41) is 11.5. The lowest BCUT2D eigenvalue weighted by molar-refractivity contribution is -0.0317. The Morgan fingerprint density at radius 1 is 1.09 bits per heavy atom. The maximum Gasteiger partial charge on any atom is 0.193 e. The topological polar surface area (TPSA) is 35.8 Å². The van der Waals surface area contributed by atoms with E-state index < -0.39 is 5.72 Å². The molecule has 0 spiro atoms. The first kappa shape index (κ1) is 15.5. The van der Waals surface area contributed by atoms with E-state index in [0.717, 1.165) is 46.5 Å². The Morgan fingerprint density at radius 2 is 1.82 bits per heavy atom. The third-order valence-corrected chi connectivity index (χ3v) is 4.77. The summed E-state index contributed by atoms with van der Waals surface area (Å²) in [4.78, 5) is 6.68.